The van der Waals surface area contributed by atoms with Gasteiger partial charge >= 0.3 is 5.97 Å². The Kier molecular flexibility index (Phi) is 7.04. The van der Waals surface area contributed by atoms with Gasteiger partial charge < -0.3 is 23.9 Å². The van der Waals surface area contributed by atoms with Gasteiger partial charge in [-0.1, -0.05) is 24.3 Å². The van der Waals surface area contributed by atoms with Crippen molar-refractivity contribution in [3.05, 3.63) is 65.4 Å². The summed E-state index contributed by atoms with van der Waals surface area (Å²) in [6.07, 6.45) is 1.41. The van der Waals surface area contributed by atoms with Crippen molar-refractivity contribution in [2.24, 2.45) is 0 Å². The zero-order chi connectivity index (χ0) is 22.2. The molecule has 0 aliphatic carbocycles. The van der Waals surface area contributed by atoms with Crippen molar-refractivity contribution < 1.29 is 28.2 Å². The molecule has 1 heterocycles. The molecule has 0 spiro atoms. The minimum Gasteiger partial charge on any atom is -0.493 e. The molecule has 158 valence electrons. The molecular formula is C23H20N2O6. The third kappa shape index (κ3) is 5.29. The number of hydrogen-bond acceptors (Lipinski definition) is 7. The molecule has 1 aromatic heterocycles. The second-order valence-corrected chi connectivity index (χ2v) is 6.37. The van der Waals surface area contributed by atoms with E-state index in [1.807, 2.05) is 24.3 Å². The highest BCUT2D eigenvalue weighted by Crippen LogP contribution is 2.30. The van der Waals surface area contributed by atoms with Gasteiger partial charge in [-0.3, -0.25) is 4.79 Å². The highest BCUT2D eigenvalue weighted by Gasteiger charge is 2.17. The van der Waals surface area contributed by atoms with Crippen LogP contribution in [0.4, 0.5) is 0 Å². The Bertz CT molecular complexity index is 1140. The third-order valence-electron chi connectivity index (χ3n) is 4.28. The van der Waals surface area contributed by atoms with Gasteiger partial charge in [-0.05, 0) is 35.9 Å². The molecule has 3 aromatic rings. The summed E-state index contributed by atoms with van der Waals surface area (Å²) in [4.78, 5) is 24.6. The first-order valence-electron chi connectivity index (χ1n) is 9.33. The van der Waals surface area contributed by atoms with Crippen LogP contribution in [0.5, 0.6) is 11.5 Å². The van der Waals surface area contributed by atoms with E-state index < -0.39 is 11.9 Å². The van der Waals surface area contributed by atoms with Gasteiger partial charge in [0.15, 0.2) is 11.5 Å². The van der Waals surface area contributed by atoms with Crippen LogP contribution in [-0.2, 0) is 9.53 Å². The van der Waals surface area contributed by atoms with Crippen molar-refractivity contribution in [2.45, 2.75) is 0 Å². The standard InChI is InChI=1S/C23H20N2O6/c1-28-10-9-25-22(26)17(14-24)11-15-7-8-19(20(12-15)29-2)31-23(27)21-13-16-5-3-4-6-18(16)30-21/h3-8,11-13H,9-10H2,1-2H3,(H,25,26)/b17-11+. The molecule has 1 N–H and O–H groups in total. The first-order valence-corrected chi connectivity index (χ1v) is 9.33. The number of carbonyl (C=O) groups is 2. The van der Waals surface area contributed by atoms with E-state index in [1.54, 1.807) is 24.3 Å². The van der Waals surface area contributed by atoms with Crippen LogP contribution in [0.1, 0.15) is 16.1 Å². The number of para-hydroxylation sites is 1. The number of nitrogens with one attached hydrogen (secondary N) is 1. The minimum atomic E-state index is -0.673. The van der Waals surface area contributed by atoms with Gasteiger partial charge in [-0.25, -0.2) is 4.79 Å². The Morgan fingerprint density at radius 3 is 2.65 bits per heavy atom. The van der Waals surface area contributed by atoms with E-state index in [2.05, 4.69) is 5.32 Å². The number of hydrogen-bond donors (Lipinski definition) is 1. The van der Waals surface area contributed by atoms with Gasteiger partial charge in [-0.15, -0.1) is 0 Å². The molecule has 0 saturated heterocycles. The Morgan fingerprint density at radius 2 is 1.94 bits per heavy atom. The molecule has 0 fully saturated rings. The van der Waals surface area contributed by atoms with Crippen LogP contribution in [0, 0.1) is 11.3 Å². The molecule has 0 aliphatic heterocycles. The molecule has 0 atom stereocenters. The summed E-state index contributed by atoms with van der Waals surface area (Å²) in [5.41, 5.74) is 1.03. The second-order valence-electron chi connectivity index (χ2n) is 6.37. The lowest BCUT2D eigenvalue weighted by molar-refractivity contribution is -0.117. The van der Waals surface area contributed by atoms with Crippen LogP contribution in [0.2, 0.25) is 0 Å². The molecule has 3 rings (SSSR count). The summed E-state index contributed by atoms with van der Waals surface area (Å²) >= 11 is 0. The number of methoxy groups -OCH3 is 2. The van der Waals surface area contributed by atoms with Crippen molar-refractivity contribution >= 4 is 28.9 Å². The molecule has 1 amide bonds. The summed E-state index contributed by atoms with van der Waals surface area (Å²) in [5, 5.41) is 12.6. The Labute approximate surface area is 178 Å². The SMILES string of the molecule is COCCNC(=O)/C(C#N)=C/c1ccc(OC(=O)c2cc3ccccc3o2)c(OC)c1. The van der Waals surface area contributed by atoms with Gasteiger partial charge in [0.05, 0.1) is 13.7 Å². The van der Waals surface area contributed by atoms with E-state index >= 15 is 0 Å². The van der Waals surface area contributed by atoms with Crippen molar-refractivity contribution in [3.63, 3.8) is 0 Å². The highest BCUT2D eigenvalue weighted by molar-refractivity contribution is 6.01. The molecule has 0 saturated carbocycles. The van der Waals surface area contributed by atoms with E-state index in [0.29, 0.717) is 17.8 Å². The second kappa shape index (κ2) is 10.1. The zero-order valence-corrected chi connectivity index (χ0v) is 17.0. The Balaban J connectivity index is 1.78. The van der Waals surface area contributed by atoms with Gasteiger partial charge in [0.25, 0.3) is 5.91 Å². The van der Waals surface area contributed by atoms with Gasteiger partial charge in [0.2, 0.25) is 5.76 Å². The number of carbonyl (C=O) groups excluding carboxylic acids is 2. The normalized spacial score (nSPS) is 11.1. The van der Waals surface area contributed by atoms with Crippen LogP contribution in [-0.4, -0.2) is 39.2 Å². The number of nitrogens with zero attached hydrogens (tertiary/aromatic N) is 1. The van der Waals surface area contributed by atoms with E-state index in [-0.39, 0.29) is 29.4 Å². The van der Waals surface area contributed by atoms with Crippen LogP contribution >= 0.6 is 0 Å². The zero-order valence-electron chi connectivity index (χ0n) is 17.0. The van der Waals surface area contributed by atoms with Crippen molar-refractivity contribution in [3.8, 4) is 17.6 Å². The fraction of sp³-hybridized carbons (Fsp3) is 0.174. The predicted octanol–water partition coefficient (Wildman–Crippen LogP) is 3.33. The van der Waals surface area contributed by atoms with Crippen LogP contribution in [0.15, 0.2) is 58.5 Å². The van der Waals surface area contributed by atoms with Gasteiger partial charge in [0.1, 0.15) is 17.2 Å². The molecule has 0 aliphatic rings. The lowest BCUT2D eigenvalue weighted by Crippen LogP contribution is -2.27. The maximum absolute atomic E-state index is 12.5. The van der Waals surface area contributed by atoms with Crippen LogP contribution < -0.4 is 14.8 Å². The maximum Gasteiger partial charge on any atom is 0.379 e. The van der Waals surface area contributed by atoms with Crippen molar-refractivity contribution in [2.75, 3.05) is 27.4 Å². The number of rotatable bonds is 8. The predicted molar refractivity (Wildman–Crippen MR) is 113 cm³/mol. The van der Waals surface area contributed by atoms with Crippen LogP contribution in [0.3, 0.4) is 0 Å². The number of esters is 1. The van der Waals surface area contributed by atoms with E-state index in [0.717, 1.165) is 5.39 Å². The Morgan fingerprint density at radius 1 is 1.13 bits per heavy atom. The smallest absolute Gasteiger partial charge is 0.379 e. The number of nitriles is 1. The first-order chi connectivity index (χ1) is 15.0. The lowest BCUT2D eigenvalue weighted by Gasteiger charge is -2.09. The molecule has 31 heavy (non-hydrogen) atoms. The molecular weight excluding hydrogens is 400 g/mol. The minimum absolute atomic E-state index is 0.0618. The molecule has 2 aromatic carbocycles. The monoisotopic (exact) mass is 420 g/mol. The molecule has 0 bridgehead atoms. The third-order valence-corrected chi connectivity index (χ3v) is 4.28. The van der Waals surface area contributed by atoms with Crippen molar-refractivity contribution in [1.29, 1.82) is 5.26 Å². The fourth-order valence-electron chi connectivity index (χ4n) is 2.77. The van der Waals surface area contributed by atoms with E-state index in [1.165, 1.54) is 26.4 Å². The number of furan rings is 1. The molecule has 8 heteroatoms. The highest BCUT2D eigenvalue weighted by atomic mass is 16.6. The summed E-state index contributed by atoms with van der Waals surface area (Å²) in [6, 6.07) is 15.4. The first kappa shape index (κ1) is 21.6. The van der Waals surface area contributed by atoms with E-state index in [9.17, 15) is 14.9 Å². The van der Waals surface area contributed by atoms with Crippen molar-refractivity contribution in [1.82, 2.24) is 5.32 Å². The average Bonchev–Trinajstić information content (AvgIpc) is 3.23. The van der Waals surface area contributed by atoms with Gasteiger partial charge in [0, 0.05) is 19.0 Å². The van der Waals surface area contributed by atoms with E-state index in [4.69, 9.17) is 18.6 Å². The molecule has 0 radical (unpaired) electrons. The molecule has 8 nitrogen and oxygen atoms in total. The lowest BCUT2D eigenvalue weighted by atomic mass is 10.1. The summed E-state index contributed by atoms with van der Waals surface area (Å²) in [7, 11) is 2.94. The largest absolute Gasteiger partial charge is 0.493 e. The summed E-state index contributed by atoms with van der Waals surface area (Å²) in [6.45, 7) is 0.623. The van der Waals surface area contributed by atoms with Gasteiger partial charge in [-0.2, -0.15) is 5.26 Å². The summed E-state index contributed by atoms with van der Waals surface area (Å²) in [5.74, 6) is -0.692. The average molecular weight is 420 g/mol. The quantitative estimate of drug-likeness (QED) is 0.196. The molecule has 0 unspecified atom stereocenters. The van der Waals surface area contributed by atoms with Crippen LogP contribution in [0.25, 0.3) is 17.0 Å². The summed E-state index contributed by atoms with van der Waals surface area (Å²) < 4.78 is 21.1. The topological polar surface area (TPSA) is 111 Å². The maximum atomic E-state index is 12.5. The Hall–Kier alpha value is -4.09. The number of benzene rings is 2. The number of amides is 1. The number of fused-ring (bicyclic) bond motifs is 1. The fourth-order valence-corrected chi connectivity index (χ4v) is 2.77. The number of ether oxygens (including phenoxy) is 3.